The predicted molar refractivity (Wildman–Crippen MR) is 31.6 cm³/mol. The molecule has 1 N–H and O–H groups in total. The van der Waals surface area contributed by atoms with Crippen LogP contribution in [-0.2, 0) is 4.79 Å². The van der Waals surface area contributed by atoms with Crippen LogP contribution in [0.25, 0.3) is 0 Å². The standard InChI is InChI=1S/C6H11NO/c1-5-2-6(4-8)3-7-5/h4-7H,2-3H2,1H3. The maximum atomic E-state index is 10.1. The third-order valence-electron chi connectivity index (χ3n) is 1.58. The van der Waals surface area contributed by atoms with Crippen LogP contribution in [0.1, 0.15) is 13.3 Å². The summed E-state index contributed by atoms with van der Waals surface area (Å²) in [6.07, 6.45) is 2.06. The van der Waals surface area contributed by atoms with Crippen LogP contribution in [0.15, 0.2) is 0 Å². The van der Waals surface area contributed by atoms with E-state index in [0.29, 0.717) is 6.04 Å². The molecule has 2 atom stereocenters. The predicted octanol–water partition coefficient (Wildman–Crippen LogP) is 0.183. The molecule has 0 amide bonds. The second-order valence-corrected chi connectivity index (χ2v) is 2.44. The van der Waals surface area contributed by atoms with Gasteiger partial charge in [-0.2, -0.15) is 0 Å². The van der Waals surface area contributed by atoms with Crippen LogP contribution in [0.3, 0.4) is 0 Å². The minimum atomic E-state index is 0.282. The Labute approximate surface area is 49.3 Å². The van der Waals surface area contributed by atoms with Crippen molar-refractivity contribution in [2.45, 2.75) is 19.4 Å². The summed E-state index contributed by atoms with van der Waals surface area (Å²) in [6.45, 7) is 2.98. The lowest BCUT2D eigenvalue weighted by Crippen LogP contribution is -2.16. The fraction of sp³-hybridized carbons (Fsp3) is 0.833. The summed E-state index contributed by atoms with van der Waals surface area (Å²) in [7, 11) is 0. The molecule has 8 heavy (non-hydrogen) atoms. The third-order valence-corrected chi connectivity index (χ3v) is 1.58. The van der Waals surface area contributed by atoms with Crippen molar-refractivity contribution in [1.82, 2.24) is 5.32 Å². The normalized spacial score (nSPS) is 37.6. The molecule has 1 aliphatic rings. The van der Waals surface area contributed by atoms with Gasteiger partial charge in [0.1, 0.15) is 6.29 Å². The van der Waals surface area contributed by atoms with Crippen molar-refractivity contribution >= 4 is 6.29 Å². The van der Waals surface area contributed by atoms with E-state index in [0.717, 1.165) is 19.3 Å². The number of hydrogen-bond acceptors (Lipinski definition) is 2. The summed E-state index contributed by atoms with van der Waals surface area (Å²) in [5, 5.41) is 3.19. The lowest BCUT2D eigenvalue weighted by molar-refractivity contribution is -0.110. The van der Waals surface area contributed by atoms with Gasteiger partial charge in [0, 0.05) is 18.5 Å². The first-order valence-electron chi connectivity index (χ1n) is 3.01. The van der Waals surface area contributed by atoms with E-state index in [9.17, 15) is 4.79 Å². The summed E-state index contributed by atoms with van der Waals surface area (Å²) in [4.78, 5) is 10.1. The molecule has 1 fully saturated rings. The van der Waals surface area contributed by atoms with Gasteiger partial charge in [0.15, 0.2) is 0 Å². The summed E-state index contributed by atoms with van der Waals surface area (Å²) in [5.41, 5.74) is 0. The van der Waals surface area contributed by atoms with E-state index in [-0.39, 0.29) is 5.92 Å². The Morgan fingerprint density at radius 3 is 2.75 bits per heavy atom. The van der Waals surface area contributed by atoms with Gasteiger partial charge in [-0.05, 0) is 13.3 Å². The molecule has 2 unspecified atom stereocenters. The molecular weight excluding hydrogens is 102 g/mol. The molecule has 46 valence electrons. The van der Waals surface area contributed by atoms with E-state index in [1.165, 1.54) is 0 Å². The highest BCUT2D eigenvalue weighted by Gasteiger charge is 2.18. The van der Waals surface area contributed by atoms with Crippen LogP contribution < -0.4 is 5.32 Å². The fourth-order valence-corrected chi connectivity index (χ4v) is 1.08. The summed E-state index contributed by atoms with van der Waals surface area (Å²) < 4.78 is 0. The van der Waals surface area contributed by atoms with Crippen molar-refractivity contribution < 1.29 is 4.79 Å². The second-order valence-electron chi connectivity index (χ2n) is 2.44. The summed E-state index contributed by atoms with van der Waals surface area (Å²) >= 11 is 0. The Balaban J connectivity index is 2.32. The maximum absolute atomic E-state index is 10.1. The Hall–Kier alpha value is -0.370. The number of aldehydes is 1. The molecule has 0 aromatic carbocycles. The van der Waals surface area contributed by atoms with Gasteiger partial charge in [-0.3, -0.25) is 0 Å². The van der Waals surface area contributed by atoms with Gasteiger partial charge in [0.25, 0.3) is 0 Å². The molecule has 0 spiro atoms. The second kappa shape index (κ2) is 2.27. The van der Waals surface area contributed by atoms with Crippen LogP contribution in [0, 0.1) is 5.92 Å². The topological polar surface area (TPSA) is 29.1 Å². The maximum Gasteiger partial charge on any atom is 0.124 e. The smallest absolute Gasteiger partial charge is 0.124 e. The number of carbonyl (C=O) groups is 1. The molecule has 0 radical (unpaired) electrons. The van der Waals surface area contributed by atoms with Gasteiger partial charge in [0.2, 0.25) is 0 Å². The summed E-state index contributed by atoms with van der Waals surface area (Å²) in [5.74, 6) is 0.282. The molecule has 1 aliphatic heterocycles. The van der Waals surface area contributed by atoms with E-state index in [1.807, 2.05) is 0 Å². The molecule has 0 aromatic heterocycles. The molecule has 2 nitrogen and oxygen atoms in total. The van der Waals surface area contributed by atoms with E-state index in [2.05, 4.69) is 12.2 Å². The van der Waals surface area contributed by atoms with E-state index < -0.39 is 0 Å². The Morgan fingerprint density at radius 2 is 2.50 bits per heavy atom. The highest BCUT2D eigenvalue weighted by Crippen LogP contribution is 2.09. The lowest BCUT2D eigenvalue weighted by atomic mass is 10.1. The van der Waals surface area contributed by atoms with Crippen molar-refractivity contribution in [2.75, 3.05) is 6.54 Å². The SMILES string of the molecule is CC1CC(C=O)CN1. The van der Waals surface area contributed by atoms with Crippen molar-refractivity contribution in [2.24, 2.45) is 5.92 Å². The number of carbonyl (C=O) groups excluding carboxylic acids is 1. The highest BCUT2D eigenvalue weighted by atomic mass is 16.1. The molecular formula is C6H11NO. The van der Waals surface area contributed by atoms with Crippen molar-refractivity contribution in [3.63, 3.8) is 0 Å². The molecule has 1 heterocycles. The van der Waals surface area contributed by atoms with E-state index in [4.69, 9.17) is 0 Å². The summed E-state index contributed by atoms with van der Waals surface area (Å²) in [6, 6.07) is 0.546. The molecule has 0 bridgehead atoms. The van der Waals surface area contributed by atoms with Crippen molar-refractivity contribution in [3.05, 3.63) is 0 Å². The minimum Gasteiger partial charge on any atom is -0.314 e. The number of hydrogen-bond donors (Lipinski definition) is 1. The van der Waals surface area contributed by atoms with E-state index >= 15 is 0 Å². The average Bonchev–Trinajstić information content (AvgIpc) is 2.14. The molecule has 0 aliphatic carbocycles. The van der Waals surface area contributed by atoms with Crippen LogP contribution in [-0.4, -0.2) is 18.9 Å². The van der Waals surface area contributed by atoms with Crippen LogP contribution in [0.2, 0.25) is 0 Å². The largest absolute Gasteiger partial charge is 0.314 e. The van der Waals surface area contributed by atoms with Crippen LogP contribution >= 0.6 is 0 Å². The first-order valence-corrected chi connectivity index (χ1v) is 3.01. The molecule has 2 heteroatoms. The quantitative estimate of drug-likeness (QED) is 0.491. The molecule has 0 aromatic rings. The lowest BCUT2D eigenvalue weighted by Gasteiger charge is -1.95. The Morgan fingerprint density at radius 1 is 1.75 bits per heavy atom. The highest BCUT2D eigenvalue weighted by molar-refractivity contribution is 5.54. The van der Waals surface area contributed by atoms with Gasteiger partial charge in [-0.25, -0.2) is 0 Å². The van der Waals surface area contributed by atoms with Gasteiger partial charge in [0.05, 0.1) is 0 Å². The molecule has 0 saturated carbocycles. The zero-order chi connectivity index (χ0) is 5.98. The zero-order valence-corrected chi connectivity index (χ0v) is 5.05. The fourth-order valence-electron chi connectivity index (χ4n) is 1.08. The first-order chi connectivity index (χ1) is 3.83. The average molecular weight is 113 g/mol. The Bertz CT molecular complexity index is 92.5. The number of rotatable bonds is 1. The van der Waals surface area contributed by atoms with Crippen LogP contribution in [0.5, 0.6) is 0 Å². The van der Waals surface area contributed by atoms with Gasteiger partial charge < -0.3 is 10.1 Å². The zero-order valence-electron chi connectivity index (χ0n) is 5.05. The van der Waals surface area contributed by atoms with Crippen molar-refractivity contribution in [3.8, 4) is 0 Å². The monoisotopic (exact) mass is 113 g/mol. The van der Waals surface area contributed by atoms with Gasteiger partial charge in [-0.1, -0.05) is 0 Å². The van der Waals surface area contributed by atoms with E-state index in [1.54, 1.807) is 0 Å². The van der Waals surface area contributed by atoms with Gasteiger partial charge in [-0.15, -0.1) is 0 Å². The van der Waals surface area contributed by atoms with Crippen LogP contribution in [0.4, 0.5) is 0 Å². The Kier molecular flexibility index (Phi) is 1.63. The number of nitrogens with one attached hydrogen (secondary N) is 1. The van der Waals surface area contributed by atoms with Crippen molar-refractivity contribution in [1.29, 1.82) is 0 Å². The third kappa shape index (κ3) is 1.07. The molecule has 1 rings (SSSR count). The first kappa shape index (κ1) is 5.76. The molecule has 1 saturated heterocycles. The minimum absolute atomic E-state index is 0.282. The van der Waals surface area contributed by atoms with Gasteiger partial charge >= 0.3 is 0 Å².